The van der Waals surface area contributed by atoms with E-state index >= 15 is 0 Å². The molecule has 0 aromatic rings. The number of allylic oxidation sites excluding steroid dienone is 2. The summed E-state index contributed by atoms with van der Waals surface area (Å²) in [5, 5.41) is 2.51. The first-order valence-corrected chi connectivity index (χ1v) is 7.06. The van der Waals surface area contributed by atoms with Gasteiger partial charge in [0.05, 0.1) is 0 Å². The van der Waals surface area contributed by atoms with E-state index in [1.54, 1.807) is 0 Å². The van der Waals surface area contributed by atoms with E-state index in [1.807, 2.05) is 0 Å². The van der Waals surface area contributed by atoms with Gasteiger partial charge in [0, 0.05) is 12.3 Å². The average molecular weight is 249 g/mol. The number of piperidine rings is 1. The maximum atomic E-state index is 12.0. The Labute approximate surface area is 109 Å². The van der Waals surface area contributed by atoms with Gasteiger partial charge in [0.2, 0.25) is 11.8 Å². The van der Waals surface area contributed by atoms with Crippen LogP contribution in [0.4, 0.5) is 0 Å². The molecule has 0 radical (unpaired) electrons. The summed E-state index contributed by atoms with van der Waals surface area (Å²) in [6.07, 6.45) is 9.07. The molecule has 0 spiro atoms. The van der Waals surface area contributed by atoms with Crippen LogP contribution < -0.4 is 5.32 Å². The van der Waals surface area contributed by atoms with Crippen molar-refractivity contribution in [1.29, 1.82) is 0 Å². The molecule has 18 heavy (non-hydrogen) atoms. The SMILES string of the molecule is CC(C)CC1C(=O)NC(=O)CC1C1CC=CCC1. The van der Waals surface area contributed by atoms with Crippen molar-refractivity contribution in [2.24, 2.45) is 23.7 Å². The molecule has 0 bridgehead atoms. The molecule has 1 aliphatic heterocycles. The van der Waals surface area contributed by atoms with Gasteiger partial charge >= 0.3 is 0 Å². The Hall–Kier alpha value is -1.12. The van der Waals surface area contributed by atoms with Crippen molar-refractivity contribution in [3.8, 4) is 0 Å². The number of amides is 2. The Kier molecular flexibility index (Phi) is 4.20. The van der Waals surface area contributed by atoms with Gasteiger partial charge in [0.1, 0.15) is 0 Å². The molecule has 1 N–H and O–H groups in total. The summed E-state index contributed by atoms with van der Waals surface area (Å²) < 4.78 is 0. The zero-order valence-electron chi connectivity index (χ0n) is 11.3. The first-order chi connectivity index (χ1) is 8.58. The fourth-order valence-corrected chi connectivity index (χ4v) is 3.32. The molecule has 0 saturated carbocycles. The number of hydrogen-bond acceptors (Lipinski definition) is 2. The molecule has 2 amide bonds. The molecule has 100 valence electrons. The van der Waals surface area contributed by atoms with Gasteiger partial charge in [0.25, 0.3) is 0 Å². The molecule has 3 atom stereocenters. The standard InChI is InChI=1S/C15H23NO2/c1-10(2)8-13-12(9-14(17)16-15(13)18)11-6-4-3-5-7-11/h3-4,10-13H,5-9H2,1-2H3,(H,16,17,18). The second-order valence-corrected chi connectivity index (χ2v) is 6.06. The zero-order valence-corrected chi connectivity index (χ0v) is 11.3. The Morgan fingerprint density at radius 3 is 2.72 bits per heavy atom. The van der Waals surface area contributed by atoms with Gasteiger partial charge in [-0.3, -0.25) is 14.9 Å². The number of imide groups is 1. The van der Waals surface area contributed by atoms with Crippen LogP contribution in [0.15, 0.2) is 12.2 Å². The highest BCUT2D eigenvalue weighted by Gasteiger charge is 2.39. The van der Waals surface area contributed by atoms with Crippen LogP contribution >= 0.6 is 0 Å². The highest BCUT2D eigenvalue weighted by Crippen LogP contribution is 2.38. The predicted molar refractivity (Wildman–Crippen MR) is 70.7 cm³/mol. The van der Waals surface area contributed by atoms with Crippen LogP contribution in [0.5, 0.6) is 0 Å². The van der Waals surface area contributed by atoms with Gasteiger partial charge in [-0.05, 0) is 43.4 Å². The van der Waals surface area contributed by atoms with Crippen LogP contribution in [0.1, 0.15) is 46.0 Å². The summed E-state index contributed by atoms with van der Waals surface area (Å²) in [6.45, 7) is 4.28. The Balaban J connectivity index is 2.13. The summed E-state index contributed by atoms with van der Waals surface area (Å²) in [7, 11) is 0. The second kappa shape index (κ2) is 5.68. The van der Waals surface area contributed by atoms with Crippen molar-refractivity contribution in [2.45, 2.75) is 46.0 Å². The third kappa shape index (κ3) is 3.01. The van der Waals surface area contributed by atoms with E-state index in [-0.39, 0.29) is 23.7 Å². The highest BCUT2D eigenvalue weighted by atomic mass is 16.2. The molecule has 2 aliphatic rings. The molecular weight excluding hydrogens is 226 g/mol. The molecule has 1 fully saturated rings. The molecule has 2 rings (SSSR count). The average Bonchev–Trinajstić information content (AvgIpc) is 2.33. The number of carbonyl (C=O) groups is 2. The summed E-state index contributed by atoms with van der Waals surface area (Å²) >= 11 is 0. The van der Waals surface area contributed by atoms with Crippen LogP contribution in [0.3, 0.4) is 0 Å². The lowest BCUT2D eigenvalue weighted by Crippen LogP contribution is -2.48. The highest BCUT2D eigenvalue weighted by molar-refractivity contribution is 5.99. The monoisotopic (exact) mass is 249 g/mol. The van der Waals surface area contributed by atoms with Gasteiger partial charge in [-0.25, -0.2) is 0 Å². The second-order valence-electron chi connectivity index (χ2n) is 6.06. The largest absolute Gasteiger partial charge is 0.296 e. The van der Waals surface area contributed by atoms with E-state index in [1.165, 1.54) is 0 Å². The fraction of sp³-hybridized carbons (Fsp3) is 0.733. The van der Waals surface area contributed by atoms with Crippen molar-refractivity contribution in [2.75, 3.05) is 0 Å². The Morgan fingerprint density at radius 2 is 2.11 bits per heavy atom. The maximum absolute atomic E-state index is 12.0. The molecule has 3 heteroatoms. The summed E-state index contributed by atoms with van der Waals surface area (Å²) in [5.41, 5.74) is 0. The summed E-state index contributed by atoms with van der Waals surface area (Å²) in [6, 6.07) is 0. The van der Waals surface area contributed by atoms with Gasteiger partial charge < -0.3 is 0 Å². The van der Waals surface area contributed by atoms with E-state index in [4.69, 9.17) is 0 Å². The first kappa shape index (κ1) is 13.3. The van der Waals surface area contributed by atoms with Crippen molar-refractivity contribution < 1.29 is 9.59 Å². The molecule has 0 aromatic heterocycles. The van der Waals surface area contributed by atoms with Gasteiger partial charge in [-0.1, -0.05) is 26.0 Å². The van der Waals surface area contributed by atoms with Crippen LogP contribution in [0.25, 0.3) is 0 Å². The number of rotatable bonds is 3. The van der Waals surface area contributed by atoms with Gasteiger partial charge in [-0.2, -0.15) is 0 Å². The van der Waals surface area contributed by atoms with Crippen molar-refractivity contribution in [1.82, 2.24) is 5.32 Å². The zero-order chi connectivity index (χ0) is 13.1. The smallest absolute Gasteiger partial charge is 0.229 e. The van der Waals surface area contributed by atoms with Crippen LogP contribution in [0, 0.1) is 23.7 Å². The lowest BCUT2D eigenvalue weighted by atomic mass is 9.70. The van der Waals surface area contributed by atoms with Crippen LogP contribution in [-0.2, 0) is 9.59 Å². The lowest BCUT2D eigenvalue weighted by Gasteiger charge is -2.37. The van der Waals surface area contributed by atoms with E-state index < -0.39 is 0 Å². The minimum Gasteiger partial charge on any atom is -0.296 e. The normalized spacial score (nSPS) is 32.7. The third-order valence-electron chi connectivity index (χ3n) is 4.18. The number of carbonyl (C=O) groups excluding carboxylic acids is 2. The molecule has 1 heterocycles. The van der Waals surface area contributed by atoms with Crippen molar-refractivity contribution >= 4 is 11.8 Å². The number of nitrogens with one attached hydrogen (secondary N) is 1. The van der Waals surface area contributed by atoms with E-state index in [2.05, 4.69) is 31.3 Å². The summed E-state index contributed by atoms with van der Waals surface area (Å²) in [5.74, 6) is 1.15. The maximum Gasteiger partial charge on any atom is 0.229 e. The van der Waals surface area contributed by atoms with Gasteiger partial charge in [-0.15, -0.1) is 0 Å². The molecule has 3 unspecified atom stereocenters. The molecular formula is C15H23NO2. The molecule has 3 nitrogen and oxygen atoms in total. The van der Waals surface area contributed by atoms with Gasteiger partial charge in [0.15, 0.2) is 0 Å². The van der Waals surface area contributed by atoms with Crippen molar-refractivity contribution in [3.05, 3.63) is 12.2 Å². The Bertz CT molecular complexity index is 360. The molecule has 0 aromatic carbocycles. The lowest BCUT2D eigenvalue weighted by molar-refractivity contribution is -0.141. The minimum absolute atomic E-state index is 0.0270. The molecule has 1 aliphatic carbocycles. The predicted octanol–water partition coefficient (Wildman–Crippen LogP) is 2.67. The first-order valence-electron chi connectivity index (χ1n) is 7.06. The quantitative estimate of drug-likeness (QED) is 0.617. The van der Waals surface area contributed by atoms with E-state index in [0.29, 0.717) is 18.3 Å². The Morgan fingerprint density at radius 1 is 1.33 bits per heavy atom. The topological polar surface area (TPSA) is 46.2 Å². The van der Waals surface area contributed by atoms with Crippen molar-refractivity contribution in [3.63, 3.8) is 0 Å². The third-order valence-corrected chi connectivity index (χ3v) is 4.18. The summed E-state index contributed by atoms with van der Waals surface area (Å²) in [4.78, 5) is 23.7. The minimum atomic E-state index is -0.0837. The van der Waals surface area contributed by atoms with Crippen LogP contribution in [-0.4, -0.2) is 11.8 Å². The fourth-order valence-electron chi connectivity index (χ4n) is 3.32. The molecule has 1 saturated heterocycles. The van der Waals surface area contributed by atoms with Crippen LogP contribution in [0.2, 0.25) is 0 Å². The van der Waals surface area contributed by atoms with E-state index in [0.717, 1.165) is 25.7 Å². The van der Waals surface area contributed by atoms with E-state index in [9.17, 15) is 9.59 Å². The number of hydrogen-bond donors (Lipinski definition) is 1.